The molecule has 26 heavy (non-hydrogen) atoms. The van der Waals surface area contributed by atoms with E-state index in [0.29, 0.717) is 5.76 Å². The summed E-state index contributed by atoms with van der Waals surface area (Å²) in [5.74, 6) is 0.0518. The van der Waals surface area contributed by atoms with E-state index < -0.39 is 22.0 Å². The van der Waals surface area contributed by atoms with Gasteiger partial charge in [0.2, 0.25) is 10.0 Å². The van der Waals surface area contributed by atoms with E-state index in [2.05, 4.69) is 14.6 Å². The molecule has 136 valence electrons. The molecule has 1 aromatic carbocycles. The summed E-state index contributed by atoms with van der Waals surface area (Å²) in [7, 11) is -2.51. The van der Waals surface area contributed by atoms with Crippen molar-refractivity contribution in [2.24, 2.45) is 0 Å². The molecule has 1 N–H and O–H groups in total. The molecule has 0 aliphatic heterocycles. The summed E-state index contributed by atoms with van der Waals surface area (Å²) >= 11 is 0. The van der Waals surface area contributed by atoms with Crippen LogP contribution in [-0.2, 0) is 14.8 Å². The van der Waals surface area contributed by atoms with Crippen LogP contribution >= 0.6 is 0 Å². The molecule has 0 aliphatic carbocycles. The Balaban J connectivity index is 1.77. The number of esters is 1. The molecule has 0 aliphatic rings. The standard InChI is InChI=1S/C17H17N3O5S/c1-24-17(21)13-5-7-14(8-6-13)26(22,23)19-12-15(16-4-2-11-25-16)20-10-3-9-18-20/h2-11,15,19H,12H2,1H3/t15-/m0/s1. The Morgan fingerprint density at radius 1 is 1.27 bits per heavy atom. The monoisotopic (exact) mass is 375 g/mol. The van der Waals surface area contributed by atoms with Crippen molar-refractivity contribution in [3.05, 3.63) is 72.4 Å². The van der Waals surface area contributed by atoms with Gasteiger partial charge in [-0.2, -0.15) is 5.10 Å². The predicted molar refractivity (Wildman–Crippen MR) is 92.0 cm³/mol. The molecule has 3 rings (SSSR count). The van der Waals surface area contributed by atoms with Gasteiger partial charge < -0.3 is 9.15 Å². The van der Waals surface area contributed by atoms with Crippen LogP contribution in [0, 0.1) is 0 Å². The van der Waals surface area contributed by atoms with Gasteiger partial charge in [0.25, 0.3) is 0 Å². The number of ether oxygens (including phenoxy) is 1. The number of carbonyl (C=O) groups excluding carboxylic acids is 1. The van der Waals surface area contributed by atoms with Gasteiger partial charge in [-0.1, -0.05) is 0 Å². The van der Waals surface area contributed by atoms with Crippen molar-refractivity contribution in [1.82, 2.24) is 14.5 Å². The SMILES string of the molecule is COC(=O)c1ccc(S(=O)(=O)NC[C@@H](c2ccco2)n2cccn2)cc1. The highest BCUT2D eigenvalue weighted by Gasteiger charge is 2.22. The number of benzene rings is 1. The Kier molecular flexibility index (Phi) is 5.19. The zero-order valence-electron chi connectivity index (χ0n) is 13.9. The van der Waals surface area contributed by atoms with Gasteiger partial charge in [0.1, 0.15) is 11.8 Å². The highest BCUT2D eigenvalue weighted by atomic mass is 32.2. The average molecular weight is 375 g/mol. The number of furan rings is 1. The van der Waals surface area contributed by atoms with Gasteiger partial charge in [-0.05, 0) is 42.5 Å². The lowest BCUT2D eigenvalue weighted by Gasteiger charge is -2.16. The van der Waals surface area contributed by atoms with Crippen LogP contribution in [0.25, 0.3) is 0 Å². The minimum absolute atomic E-state index is 0.0452. The van der Waals surface area contributed by atoms with E-state index in [1.807, 2.05) is 0 Å². The fourth-order valence-corrected chi connectivity index (χ4v) is 3.47. The molecule has 0 unspecified atom stereocenters. The molecule has 0 radical (unpaired) electrons. The molecule has 0 fully saturated rings. The van der Waals surface area contributed by atoms with Gasteiger partial charge in [-0.15, -0.1) is 0 Å². The highest BCUT2D eigenvalue weighted by molar-refractivity contribution is 7.89. The van der Waals surface area contributed by atoms with Gasteiger partial charge in [-0.3, -0.25) is 4.68 Å². The van der Waals surface area contributed by atoms with Crippen LogP contribution < -0.4 is 4.72 Å². The van der Waals surface area contributed by atoms with E-state index in [4.69, 9.17) is 4.42 Å². The third-order valence-electron chi connectivity index (χ3n) is 3.77. The van der Waals surface area contributed by atoms with Crippen molar-refractivity contribution < 1.29 is 22.4 Å². The Hall–Kier alpha value is -2.91. The lowest BCUT2D eigenvalue weighted by molar-refractivity contribution is 0.0600. The lowest BCUT2D eigenvalue weighted by Crippen LogP contribution is -2.31. The molecule has 1 atom stereocenters. The maximum absolute atomic E-state index is 12.5. The number of nitrogens with zero attached hydrogens (tertiary/aromatic N) is 2. The van der Waals surface area contributed by atoms with Gasteiger partial charge in [0.05, 0.1) is 23.8 Å². The Morgan fingerprint density at radius 2 is 2.04 bits per heavy atom. The first-order valence-electron chi connectivity index (χ1n) is 7.72. The maximum Gasteiger partial charge on any atom is 0.337 e. The van der Waals surface area contributed by atoms with Crippen LogP contribution in [0.3, 0.4) is 0 Å². The predicted octanol–water partition coefficient (Wildman–Crippen LogP) is 1.83. The molecule has 2 aromatic heterocycles. The van der Waals surface area contributed by atoms with Gasteiger partial charge in [-0.25, -0.2) is 17.9 Å². The summed E-state index contributed by atoms with van der Waals surface area (Å²) in [5.41, 5.74) is 0.274. The van der Waals surface area contributed by atoms with Crippen molar-refractivity contribution in [3.63, 3.8) is 0 Å². The van der Waals surface area contributed by atoms with E-state index in [9.17, 15) is 13.2 Å². The van der Waals surface area contributed by atoms with E-state index >= 15 is 0 Å². The van der Waals surface area contributed by atoms with Gasteiger partial charge in [0.15, 0.2) is 0 Å². The van der Waals surface area contributed by atoms with Gasteiger partial charge >= 0.3 is 5.97 Å². The molecule has 3 aromatic rings. The van der Waals surface area contributed by atoms with E-state index in [1.54, 1.807) is 35.3 Å². The summed E-state index contributed by atoms with van der Waals surface area (Å²) in [6, 6.07) is 10.3. The van der Waals surface area contributed by atoms with E-state index in [0.717, 1.165) is 0 Å². The largest absolute Gasteiger partial charge is 0.467 e. The summed E-state index contributed by atoms with van der Waals surface area (Å²) < 4.78 is 39.2. The van der Waals surface area contributed by atoms with Crippen LogP contribution in [0.2, 0.25) is 0 Å². The molecule has 9 heteroatoms. The first kappa shape index (κ1) is 17.9. The normalized spacial score (nSPS) is 12.7. The summed E-state index contributed by atoms with van der Waals surface area (Å²) in [4.78, 5) is 11.5. The summed E-state index contributed by atoms with van der Waals surface area (Å²) in [5, 5.41) is 4.16. The number of rotatable bonds is 7. The molecule has 2 heterocycles. The second-order valence-corrected chi connectivity index (χ2v) is 7.15. The number of hydrogen-bond donors (Lipinski definition) is 1. The Bertz CT molecular complexity index is 914. The van der Waals surface area contributed by atoms with Crippen LogP contribution in [0.4, 0.5) is 0 Å². The fraction of sp³-hybridized carbons (Fsp3) is 0.176. The molecule has 0 bridgehead atoms. The number of hydrogen-bond acceptors (Lipinski definition) is 6. The van der Waals surface area contributed by atoms with Crippen LogP contribution in [-0.4, -0.2) is 37.8 Å². The van der Waals surface area contributed by atoms with Crippen molar-refractivity contribution in [1.29, 1.82) is 0 Å². The molecular formula is C17H17N3O5S. The second-order valence-electron chi connectivity index (χ2n) is 5.39. The number of nitrogens with one attached hydrogen (secondary N) is 1. The second kappa shape index (κ2) is 7.54. The highest BCUT2D eigenvalue weighted by Crippen LogP contribution is 2.19. The Morgan fingerprint density at radius 3 is 2.62 bits per heavy atom. The van der Waals surface area contributed by atoms with Crippen molar-refractivity contribution in [2.45, 2.75) is 10.9 Å². The smallest absolute Gasteiger partial charge is 0.337 e. The van der Waals surface area contributed by atoms with Crippen LogP contribution in [0.15, 0.2) is 70.4 Å². The zero-order chi connectivity index (χ0) is 18.6. The third-order valence-corrected chi connectivity index (χ3v) is 5.21. The minimum atomic E-state index is -3.77. The molecular weight excluding hydrogens is 358 g/mol. The molecule has 0 spiro atoms. The lowest BCUT2D eigenvalue weighted by atomic mass is 10.2. The van der Waals surface area contributed by atoms with Crippen molar-refractivity contribution >= 4 is 16.0 Å². The maximum atomic E-state index is 12.5. The Labute approximate surface area is 150 Å². The molecule has 8 nitrogen and oxygen atoms in total. The van der Waals surface area contributed by atoms with Crippen LogP contribution in [0.5, 0.6) is 0 Å². The summed E-state index contributed by atoms with van der Waals surface area (Å²) in [6.07, 6.45) is 4.86. The molecule has 0 saturated carbocycles. The first-order valence-corrected chi connectivity index (χ1v) is 9.20. The summed E-state index contributed by atoms with van der Waals surface area (Å²) in [6.45, 7) is 0.0519. The number of sulfonamides is 1. The van der Waals surface area contributed by atoms with E-state index in [-0.39, 0.29) is 17.0 Å². The van der Waals surface area contributed by atoms with Crippen molar-refractivity contribution in [2.75, 3.05) is 13.7 Å². The zero-order valence-corrected chi connectivity index (χ0v) is 14.7. The average Bonchev–Trinajstić information content (AvgIpc) is 3.36. The van der Waals surface area contributed by atoms with Gasteiger partial charge in [0, 0.05) is 18.9 Å². The molecule has 0 amide bonds. The van der Waals surface area contributed by atoms with Crippen LogP contribution in [0.1, 0.15) is 22.2 Å². The first-order chi connectivity index (χ1) is 12.5. The fourth-order valence-electron chi connectivity index (χ4n) is 2.43. The number of carbonyl (C=O) groups is 1. The quantitative estimate of drug-likeness (QED) is 0.632. The topological polar surface area (TPSA) is 103 Å². The molecule has 0 saturated heterocycles. The number of aromatic nitrogens is 2. The number of methoxy groups -OCH3 is 1. The third kappa shape index (κ3) is 3.84. The van der Waals surface area contributed by atoms with Crippen molar-refractivity contribution in [3.8, 4) is 0 Å². The minimum Gasteiger partial charge on any atom is -0.467 e. The van der Waals surface area contributed by atoms with E-state index in [1.165, 1.54) is 37.6 Å².